The molecular weight excluding hydrogens is 509 g/mol. The SMILES string of the molecule is Cc1oc(C=O)cc1CO[Si](C(C)C)(C(C)C)C(C)C.Cc1occc1CO[Si](C(C)C)(C(C)C)C(C)C. The first-order chi connectivity index (χ1) is 17.6. The van der Waals surface area contributed by atoms with Gasteiger partial charge in [0.05, 0.1) is 19.5 Å². The average molecular weight is 565 g/mol. The Kier molecular flexibility index (Phi) is 13.5. The van der Waals surface area contributed by atoms with E-state index in [0.29, 0.717) is 52.2 Å². The van der Waals surface area contributed by atoms with E-state index in [2.05, 4.69) is 83.1 Å². The maximum absolute atomic E-state index is 10.8. The zero-order valence-corrected chi connectivity index (χ0v) is 28.7. The van der Waals surface area contributed by atoms with Crippen LogP contribution in [0.15, 0.2) is 27.2 Å². The molecule has 0 radical (unpaired) electrons. The third-order valence-electron chi connectivity index (χ3n) is 8.49. The van der Waals surface area contributed by atoms with Gasteiger partial charge in [0, 0.05) is 11.1 Å². The summed E-state index contributed by atoms with van der Waals surface area (Å²) in [6.07, 6.45) is 2.49. The predicted molar refractivity (Wildman–Crippen MR) is 164 cm³/mol. The van der Waals surface area contributed by atoms with Crippen molar-refractivity contribution in [2.24, 2.45) is 0 Å². The van der Waals surface area contributed by atoms with Gasteiger partial charge in [-0.1, -0.05) is 83.1 Å². The molecule has 0 aromatic carbocycles. The number of aryl methyl sites for hydroxylation is 2. The fourth-order valence-corrected chi connectivity index (χ4v) is 17.5. The van der Waals surface area contributed by atoms with Gasteiger partial charge in [-0.15, -0.1) is 0 Å². The highest BCUT2D eigenvalue weighted by molar-refractivity contribution is 6.78. The molecule has 0 saturated carbocycles. The largest absolute Gasteiger partial charge is 0.469 e. The van der Waals surface area contributed by atoms with Gasteiger partial charge >= 0.3 is 0 Å². The van der Waals surface area contributed by atoms with E-state index in [9.17, 15) is 4.79 Å². The molecule has 0 aliphatic carbocycles. The molecule has 0 bridgehead atoms. The van der Waals surface area contributed by atoms with Gasteiger partial charge in [-0.3, -0.25) is 4.79 Å². The van der Waals surface area contributed by atoms with Gasteiger partial charge < -0.3 is 17.7 Å². The fraction of sp³-hybridized carbons (Fsp3) is 0.710. The van der Waals surface area contributed by atoms with E-state index in [0.717, 1.165) is 23.4 Å². The summed E-state index contributed by atoms with van der Waals surface area (Å²) in [6, 6.07) is 3.82. The third kappa shape index (κ3) is 7.83. The lowest BCUT2D eigenvalue weighted by Gasteiger charge is -2.42. The lowest BCUT2D eigenvalue weighted by Crippen LogP contribution is -2.47. The molecule has 0 unspecified atom stereocenters. The van der Waals surface area contributed by atoms with Crippen molar-refractivity contribution in [1.82, 2.24) is 0 Å². The van der Waals surface area contributed by atoms with Gasteiger partial charge in [0.1, 0.15) is 11.5 Å². The lowest BCUT2D eigenvalue weighted by atomic mass is 10.3. The van der Waals surface area contributed by atoms with E-state index in [1.807, 2.05) is 19.9 Å². The van der Waals surface area contributed by atoms with Gasteiger partial charge in [-0.2, -0.15) is 0 Å². The van der Waals surface area contributed by atoms with Crippen LogP contribution in [0.25, 0.3) is 0 Å². The lowest BCUT2D eigenvalue weighted by molar-refractivity contribution is 0.109. The highest BCUT2D eigenvalue weighted by atomic mass is 28.4. The number of carbonyl (C=O) groups is 1. The Morgan fingerprint density at radius 3 is 1.37 bits per heavy atom. The predicted octanol–water partition coefficient (Wildman–Crippen LogP) is 10.4. The highest BCUT2D eigenvalue weighted by Crippen LogP contribution is 2.44. The summed E-state index contributed by atoms with van der Waals surface area (Å²) in [7, 11) is -3.61. The molecule has 0 aliphatic rings. The minimum Gasteiger partial charge on any atom is -0.469 e. The molecule has 0 spiro atoms. The molecule has 2 rings (SSSR count). The van der Waals surface area contributed by atoms with Crippen LogP contribution in [0.3, 0.4) is 0 Å². The van der Waals surface area contributed by atoms with Crippen LogP contribution in [0.1, 0.15) is 116 Å². The van der Waals surface area contributed by atoms with Crippen molar-refractivity contribution in [3.63, 3.8) is 0 Å². The van der Waals surface area contributed by atoms with Crippen molar-refractivity contribution in [3.05, 3.63) is 46.8 Å². The number of hydrogen-bond acceptors (Lipinski definition) is 5. The van der Waals surface area contributed by atoms with Crippen molar-refractivity contribution >= 4 is 22.9 Å². The van der Waals surface area contributed by atoms with E-state index in [1.54, 1.807) is 12.3 Å². The Morgan fingerprint density at radius 2 is 1.08 bits per heavy atom. The maximum atomic E-state index is 10.8. The molecule has 38 heavy (non-hydrogen) atoms. The molecule has 0 amide bonds. The second-order valence-electron chi connectivity index (χ2n) is 12.6. The van der Waals surface area contributed by atoms with Crippen LogP contribution in [0, 0.1) is 13.8 Å². The van der Waals surface area contributed by atoms with Crippen molar-refractivity contribution in [3.8, 4) is 0 Å². The van der Waals surface area contributed by atoms with Crippen LogP contribution in [-0.2, 0) is 22.1 Å². The minimum atomic E-state index is -1.86. The maximum Gasteiger partial charge on any atom is 0.200 e. The van der Waals surface area contributed by atoms with E-state index in [-0.39, 0.29) is 0 Å². The minimum absolute atomic E-state index is 0.381. The van der Waals surface area contributed by atoms with Crippen LogP contribution >= 0.6 is 0 Å². The number of furan rings is 2. The molecule has 0 fully saturated rings. The molecule has 2 heterocycles. The normalized spacial score (nSPS) is 12.8. The standard InChI is InChI=1S/C16H28O3Si.C15H28O2Si/c1-11(2)20(12(3)4,13(5)6)18-10-15-8-16(9-17)19-14(15)7;1-11(2)18(12(3)4,13(5)6)17-10-15-8-9-16-14(15)7/h8-9,11-13H,10H2,1-7H3;8-9,11-13H,10H2,1-7H3. The molecule has 2 aromatic rings. The first kappa shape index (κ1) is 34.6. The summed E-state index contributed by atoms with van der Waals surface area (Å²) in [4.78, 5) is 10.8. The van der Waals surface area contributed by atoms with Crippen molar-refractivity contribution < 1.29 is 22.5 Å². The van der Waals surface area contributed by atoms with Crippen LogP contribution in [0.5, 0.6) is 0 Å². The second kappa shape index (κ2) is 14.8. The average Bonchev–Trinajstić information content (AvgIpc) is 3.38. The van der Waals surface area contributed by atoms with Gasteiger partial charge in [-0.25, -0.2) is 0 Å². The van der Waals surface area contributed by atoms with Crippen molar-refractivity contribution in [2.45, 2.75) is 143 Å². The van der Waals surface area contributed by atoms with Gasteiger partial charge in [0.15, 0.2) is 12.0 Å². The summed E-state index contributed by atoms with van der Waals surface area (Å²) in [6.45, 7) is 32.6. The van der Waals surface area contributed by atoms with Crippen LogP contribution < -0.4 is 0 Å². The molecule has 0 aliphatic heterocycles. The number of carbonyl (C=O) groups excluding carboxylic acids is 1. The molecule has 0 atom stereocenters. The topological polar surface area (TPSA) is 61.8 Å². The highest BCUT2D eigenvalue weighted by Gasteiger charge is 2.46. The van der Waals surface area contributed by atoms with Gasteiger partial charge in [-0.05, 0) is 59.2 Å². The Morgan fingerprint density at radius 1 is 0.684 bits per heavy atom. The third-order valence-corrected chi connectivity index (χ3v) is 20.6. The summed E-state index contributed by atoms with van der Waals surface area (Å²) >= 11 is 0. The smallest absolute Gasteiger partial charge is 0.200 e. The summed E-state index contributed by atoms with van der Waals surface area (Å²) in [5.41, 5.74) is 5.74. The number of aldehydes is 1. The molecule has 218 valence electrons. The number of rotatable bonds is 13. The van der Waals surface area contributed by atoms with E-state index < -0.39 is 16.6 Å². The first-order valence-electron chi connectivity index (χ1n) is 14.4. The summed E-state index contributed by atoms with van der Waals surface area (Å²) < 4.78 is 23.7. The zero-order chi connectivity index (χ0) is 29.4. The summed E-state index contributed by atoms with van der Waals surface area (Å²) in [5, 5.41) is 0. The number of hydrogen-bond donors (Lipinski definition) is 0. The Balaban J connectivity index is 0.000000382. The van der Waals surface area contributed by atoms with Crippen LogP contribution in [0.2, 0.25) is 33.2 Å². The quantitative estimate of drug-likeness (QED) is 0.179. The Bertz CT molecular complexity index is 925. The monoisotopic (exact) mass is 564 g/mol. The second-order valence-corrected chi connectivity index (χ2v) is 23.5. The molecule has 7 heteroatoms. The fourth-order valence-electron chi connectivity index (χ4n) is 6.71. The molecular formula is C31H56O5Si2. The summed E-state index contributed by atoms with van der Waals surface area (Å²) in [5.74, 6) is 2.15. The molecule has 0 saturated heterocycles. The molecule has 2 aromatic heterocycles. The Hall–Kier alpha value is -1.42. The zero-order valence-electron chi connectivity index (χ0n) is 26.7. The van der Waals surface area contributed by atoms with Crippen molar-refractivity contribution in [2.75, 3.05) is 0 Å². The molecule has 0 N–H and O–H groups in total. The molecule has 5 nitrogen and oxygen atoms in total. The van der Waals surface area contributed by atoms with Gasteiger partial charge in [0.2, 0.25) is 16.6 Å². The van der Waals surface area contributed by atoms with Crippen LogP contribution in [0.4, 0.5) is 0 Å². The van der Waals surface area contributed by atoms with Crippen LogP contribution in [-0.4, -0.2) is 22.9 Å². The van der Waals surface area contributed by atoms with E-state index in [1.165, 1.54) is 5.56 Å². The van der Waals surface area contributed by atoms with Gasteiger partial charge in [0.25, 0.3) is 0 Å². The van der Waals surface area contributed by atoms with Crippen molar-refractivity contribution in [1.29, 1.82) is 0 Å². The van der Waals surface area contributed by atoms with E-state index >= 15 is 0 Å². The first-order valence-corrected chi connectivity index (χ1v) is 18.7. The Labute approximate surface area is 235 Å². The van der Waals surface area contributed by atoms with E-state index in [4.69, 9.17) is 17.7 Å².